The Balaban J connectivity index is 1.41. The molecule has 2 aliphatic heterocycles. The van der Waals surface area contributed by atoms with Crippen LogP contribution in [-0.2, 0) is 4.74 Å². The SMILES string of the molecule is C[C@H]1C[C@@H](N)CN(c2ccncc2NC(=O)c2c(N)oc3cc(C4CCOCC4)cnc23)C1. The van der Waals surface area contributed by atoms with E-state index in [2.05, 4.69) is 27.1 Å². The fourth-order valence-corrected chi connectivity index (χ4v) is 5.03. The quantitative estimate of drug-likeness (QED) is 0.552. The van der Waals surface area contributed by atoms with Crippen LogP contribution in [-0.4, -0.2) is 48.2 Å². The number of carbonyl (C=O) groups excluding carboxylic acids is 1. The highest BCUT2D eigenvalue weighted by atomic mass is 16.5. The first-order chi connectivity index (χ1) is 16.0. The lowest BCUT2D eigenvalue weighted by Crippen LogP contribution is -2.46. The van der Waals surface area contributed by atoms with E-state index in [0.717, 1.165) is 56.8 Å². The Labute approximate surface area is 192 Å². The third-order valence-electron chi connectivity index (χ3n) is 6.58. The zero-order chi connectivity index (χ0) is 22.9. The van der Waals surface area contributed by atoms with Crippen molar-refractivity contribution in [2.75, 3.05) is 42.3 Å². The highest BCUT2D eigenvalue weighted by molar-refractivity contribution is 6.15. The number of carbonyl (C=O) groups is 1. The largest absolute Gasteiger partial charge is 0.438 e. The van der Waals surface area contributed by atoms with Crippen molar-refractivity contribution >= 4 is 34.3 Å². The van der Waals surface area contributed by atoms with E-state index in [1.165, 1.54) is 0 Å². The molecular formula is C24H30N6O3. The van der Waals surface area contributed by atoms with Gasteiger partial charge in [0.1, 0.15) is 11.1 Å². The Hall–Kier alpha value is -3.17. The zero-order valence-corrected chi connectivity index (χ0v) is 18.8. The molecule has 5 rings (SSSR count). The van der Waals surface area contributed by atoms with Crippen LogP contribution in [0.1, 0.15) is 48.0 Å². The molecule has 0 bridgehead atoms. The Kier molecular flexibility index (Phi) is 5.90. The maximum atomic E-state index is 13.3. The molecular weight excluding hydrogens is 420 g/mol. The topological polar surface area (TPSA) is 133 Å². The first-order valence-electron chi connectivity index (χ1n) is 11.5. The number of fused-ring (bicyclic) bond motifs is 1. The van der Waals surface area contributed by atoms with E-state index in [1.807, 2.05) is 18.3 Å². The van der Waals surface area contributed by atoms with Gasteiger partial charge in [-0.15, -0.1) is 0 Å². The lowest BCUT2D eigenvalue weighted by atomic mass is 9.93. The lowest BCUT2D eigenvalue weighted by Gasteiger charge is -2.37. The van der Waals surface area contributed by atoms with Crippen molar-refractivity contribution in [1.29, 1.82) is 0 Å². The molecule has 174 valence electrons. The van der Waals surface area contributed by atoms with Gasteiger partial charge in [-0.1, -0.05) is 6.92 Å². The summed E-state index contributed by atoms with van der Waals surface area (Å²) in [6, 6.07) is 3.93. The number of rotatable bonds is 4. The number of piperidine rings is 1. The number of nitrogen functional groups attached to an aromatic ring is 1. The molecule has 0 unspecified atom stereocenters. The molecule has 0 aromatic carbocycles. The number of amides is 1. The van der Waals surface area contributed by atoms with E-state index in [0.29, 0.717) is 28.6 Å². The van der Waals surface area contributed by atoms with Gasteiger partial charge in [0.2, 0.25) is 5.88 Å². The summed E-state index contributed by atoms with van der Waals surface area (Å²) in [6.45, 7) is 5.26. The monoisotopic (exact) mass is 450 g/mol. The molecule has 2 aliphatic rings. The number of aromatic nitrogens is 2. The van der Waals surface area contributed by atoms with E-state index in [1.54, 1.807) is 12.4 Å². The molecule has 0 radical (unpaired) electrons. The van der Waals surface area contributed by atoms with Crippen molar-refractivity contribution in [2.45, 2.75) is 38.1 Å². The van der Waals surface area contributed by atoms with Gasteiger partial charge in [0.15, 0.2) is 5.58 Å². The average molecular weight is 451 g/mol. The second kappa shape index (κ2) is 8.99. The summed E-state index contributed by atoms with van der Waals surface area (Å²) < 4.78 is 11.2. The summed E-state index contributed by atoms with van der Waals surface area (Å²) in [4.78, 5) is 24.2. The van der Waals surface area contributed by atoms with Crippen LogP contribution in [0.4, 0.5) is 17.3 Å². The summed E-state index contributed by atoms with van der Waals surface area (Å²) >= 11 is 0. The molecule has 2 saturated heterocycles. The number of hydrogen-bond donors (Lipinski definition) is 3. The molecule has 0 spiro atoms. The van der Waals surface area contributed by atoms with Crippen molar-refractivity contribution in [3.05, 3.63) is 41.9 Å². The number of nitrogens with two attached hydrogens (primary N) is 2. The van der Waals surface area contributed by atoms with Gasteiger partial charge in [0, 0.05) is 44.7 Å². The maximum absolute atomic E-state index is 13.3. The normalized spacial score (nSPS) is 21.9. The van der Waals surface area contributed by atoms with Crippen molar-refractivity contribution in [3.63, 3.8) is 0 Å². The van der Waals surface area contributed by atoms with Crippen LogP contribution in [0.15, 0.2) is 35.1 Å². The first kappa shape index (κ1) is 21.7. The van der Waals surface area contributed by atoms with Crippen LogP contribution < -0.4 is 21.7 Å². The van der Waals surface area contributed by atoms with Crippen LogP contribution >= 0.6 is 0 Å². The minimum absolute atomic E-state index is 0.0539. The van der Waals surface area contributed by atoms with E-state index in [-0.39, 0.29) is 23.4 Å². The highest BCUT2D eigenvalue weighted by Gasteiger charge is 2.27. The average Bonchev–Trinajstić information content (AvgIpc) is 3.14. The molecule has 9 nitrogen and oxygen atoms in total. The fourth-order valence-electron chi connectivity index (χ4n) is 5.03. The molecule has 0 aliphatic carbocycles. The Morgan fingerprint density at radius 3 is 2.85 bits per heavy atom. The van der Waals surface area contributed by atoms with Gasteiger partial charge in [0.25, 0.3) is 5.91 Å². The van der Waals surface area contributed by atoms with Crippen molar-refractivity contribution < 1.29 is 13.9 Å². The summed E-state index contributed by atoms with van der Waals surface area (Å²) in [5.74, 6) is 0.517. The van der Waals surface area contributed by atoms with Gasteiger partial charge in [-0.05, 0) is 48.8 Å². The van der Waals surface area contributed by atoms with Crippen LogP contribution in [0.5, 0.6) is 0 Å². The standard InChI is InChI=1S/C24H30N6O3/c1-14-8-17(25)13-30(12-14)19-2-5-27-11-18(19)29-24(31)21-22-20(33-23(21)26)9-16(10-28-22)15-3-6-32-7-4-15/h2,5,9-11,14-15,17H,3-4,6-8,12-13,25-26H2,1H3,(H,29,31)/t14-,17+/m0/s1. The fraction of sp³-hybridized carbons (Fsp3) is 0.458. The molecule has 2 atom stereocenters. The van der Waals surface area contributed by atoms with Crippen molar-refractivity contribution in [2.24, 2.45) is 11.7 Å². The maximum Gasteiger partial charge on any atom is 0.263 e. The van der Waals surface area contributed by atoms with Gasteiger partial charge in [-0.25, -0.2) is 0 Å². The van der Waals surface area contributed by atoms with Crippen molar-refractivity contribution in [3.8, 4) is 0 Å². The van der Waals surface area contributed by atoms with Gasteiger partial charge in [0.05, 0.1) is 17.6 Å². The molecule has 2 fully saturated rings. The predicted octanol–water partition coefficient (Wildman–Crippen LogP) is 3.12. The number of furan rings is 1. The summed E-state index contributed by atoms with van der Waals surface area (Å²) in [5, 5.41) is 2.97. The first-order valence-corrected chi connectivity index (χ1v) is 11.5. The number of nitrogens with one attached hydrogen (secondary N) is 1. The van der Waals surface area contributed by atoms with Crippen LogP contribution in [0.3, 0.4) is 0 Å². The smallest absolute Gasteiger partial charge is 0.263 e. The van der Waals surface area contributed by atoms with E-state index < -0.39 is 0 Å². The molecule has 5 heterocycles. The minimum atomic E-state index is -0.374. The summed E-state index contributed by atoms with van der Waals surface area (Å²) in [5.41, 5.74) is 16.2. The van der Waals surface area contributed by atoms with Crippen LogP contribution in [0, 0.1) is 5.92 Å². The second-order valence-corrected chi connectivity index (χ2v) is 9.20. The van der Waals surface area contributed by atoms with Gasteiger partial charge in [-0.2, -0.15) is 0 Å². The molecule has 33 heavy (non-hydrogen) atoms. The molecule has 9 heteroatoms. The number of hydrogen-bond acceptors (Lipinski definition) is 8. The molecule has 0 saturated carbocycles. The molecule has 5 N–H and O–H groups in total. The van der Waals surface area contributed by atoms with Crippen LogP contribution in [0.25, 0.3) is 11.1 Å². The highest BCUT2D eigenvalue weighted by Crippen LogP contribution is 2.34. The third-order valence-corrected chi connectivity index (χ3v) is 6.58. The predicted molar refractivity (Wildman–Crippen MR) is 127 cm³/mol. The Bertz CT molecular complexity index is 1150. The van der Waals surface area contributed by atoms with E-state index in [9.17, 15) is 4.79 Å². The lowest BCUT2D eigenvalue weighted by molar-refractivity contribution is 0.0853. The number of nitrogens with zero attached hydrogens (tertiary/aromatic N) is 3. The Morgan fingerprint density at radius 1 is 1.24 bits per heavy atom. The summed E-state index contributed by atoms with van der Waals surface area (Å²) in [7, 11) is 0. The molecule has 1 amide bonds. The van der Waals surface area contributed by atoms with E-state index in [4.69, 9.17) is 20.6 Å². The third kappa shape index (κ3) is 4.38. The number of anilines is 3. The summed E-state index contributed by atoms with van der Waals surface area (Å²) in [6.07, 6.45) is 8.06. The number of pyridine rings is 2. The van der Waals surface area contributed by atoms with Gasteiger partial charge in [-0.3, -0.25) is 14.8 Å². The van der Waals surface area contributed by atoms with Crippen LogP contribution in [0.2, 0.25) is 0 Å². The number of ether oxygens (including phenoxy) is 1. The Morgan fingerprint density at radius 2 is 2.06 bits per heavy atom. The molecule has 3 aromatic rings. The molecule has 3 aromatic heterocycles. The minimum Gasteiger partial charge on any atom is -0.438 e. The second-order valence-electron chi connectivity index (χ2n) is 9.20. The van der Waals surface area contributed by atoms with Crippen molar-refractivity contribution in [1.82, 2.24) is 9.97 Å². The van der Waals surface area contributed by atoms with Gasteiger partial charge >= 0.3 is 0 Å². The van der Waals surface area contributed by atoms with E-state index >= 15 is 0 Å². The zero-order valence-electron chi connectivity index (χ0n) is 18.8. The van der Waals surface area contributed by atoms with Gasteiger partial charge < -0.3 is 30.8 Å².